The van der Waals surface area contributed by atoms with Crippen LogP contribution in [0.2, 0.25) is 5.02 Å². The Bertz CT molecular complexity index is 1370. The van der Waals surface area contributed by atoms with Crippen LogP contribution in [0.4, 0.5) is 0 Å². The predicted octanol–water partition coefficient (Wildman–Crippen LogP) is 8.05. The Kier molecular flexibility index (Phi) is 9.82. The monoisotopic (exact) mass is 627 g/mol. The minimum Gasteiger partial charge on any atom is -0.481 e. The molecule has 2 heterocycles. The second-order valence-corrected chi connectivity index (χ2v) is 16.0. The topological polar surface area (TPSA) is 99.1 Å². The van der Waals surface area contributed by atoms with Gasteiger partial charge in [-0.2, -0.15) is 0 Å². The van der Waals surface area contributed by atoms with E-state index in [1.54, 1.807) is 6.07 Å². The van der Waals surface area contributed by atoms with Crippen molar-refractivity contribution in [1.82, 2.24) is 10.2 Å². The van der Waals surface area contributed by atoms with E-state index in [1.165, 1.54) is 11.3 Å². The zero-order valence-corrected chi connectivity index (χ0v) is 28.1. The summed E-state index contributed by atoms with van der Waals surface area (Å²) in [7, 11) is 0. The number of hydrogen-bond donors (Lipinski definition) is 2. The SMILES string of the molecule is Cc1cc(Cl)cc(C2=NC3(CCC(C(C)(C)C)CC3)N(C(CCC(C)(C)C)c3ccc(C(=O)NCCC(=O)O)s3)C2=O)c1. The molecule has 0 radical (unpaired) electrons. The van der Waals surface area contributed by atoms with E-state index >= 15 is 0 Å². The summed E-state index contributed by atoms with van der Waals surface area (Å²) in [6.07, 6.45) is 5.00. The standard InChI is InChI=1S/C34H46ClN3O4S/c1-21-18-22(20-24(35)19-21)29-31(42)38(34(37-29)15-10-23(11-16-34)33(5,6)7)25(12-14-32(2,3)4)26-8-9-27(43-26)30(41)36-17-13-28(39)40/h8-9,18-20,23,25H,10-17H2,1-7H3,(H,36,41)(H,39,40). The summed E-state index contributed by atoms with van der Waals surface area (Å²) in [5.41, 5.74) is 1.73. The Labute approximate surface area is 265 Å². The van der Waals surface area contributed by atoms with Gasteiger partial charge in [-0.15, -0.1) is 11.3 Å². The van der Waals surface area contributed by atoms with Crippen molar-refractivity contribution in [2.45, 2.75) is 105 Å². The molecule has 234 valence electrons. The van der Waals surface area contributed by atoms with Crippen molar-refractivity contribution in [3.05, 3.63) is 56.2 Å². The number of amides is 2. The second-order valence-electron chi connectivity index (χ2n) is 14.5. The van der Waals surface area contributed by atoms with Crippen molar-refractivity contribution in [3.63, 3.8) is 0 Å². The third kappa shape index (κ3) is 7.88. The second kappa shape index (κ2) is 12.7. The maximum Gasteiger partial charge on any atom is 0.305 e. The Balaban J connectivity index is 1.75. The number of hydrogen-bond acceptors (Lipinski definition) is 5. The highest BCUT2D eigenvalue weighted by atomic mass is 35.5. The molecule has 0 saturated heterocycles. The van der Waals surface area contributed by atoms with E-state index < -0.39 is 11.6 Å². The Morgan fingerprint density at radius 1 is 1.14 bits per heavy atom. The molecule has 9 heteroatoms. The van der Waals surface area contributed by atoms with Gasteiger partial charge in [0, 0.05) is 22.0 Å². The average molecular weight is 628 g/mol. The molecule has 7 nitrogen and oxygen atoms in total. The number of carboxylic acid groups (broad SMARTS) is 1. The van der Waals surface area contributed by atoms with E-state index in [0.717, 1.165) is 54.5 Å². The maximum atomic E-state index is 14.6. The van der Waals surface area contributed by atoms with Crippen molar-refractivity contribution in [1.29, 1.82) is 0 Å². The highest BCUT2D eigenvalue weighted by Gasteiger charge is 2.53. The van der Waals surface area contributed by atoms with Crippen LogP contribution in [0.15, 0.2) is 35.3 Å². The van der Waals surface area contributed by atoms with E-state index in [0.29, 0.717) is 21.5 Å². The van der Waals surface area contributed by atoms with Crippen LogP contribution in [-0.4, -0.2) is 45.7 Å². The molecule has 43 heavy (non-hydrogen) atoms. The van der Waals surface area contributed by atoms with Gasteiger partial charge in [0.1, 0.15) is 11.4 Å². The summed E-state index contributed by atoms with van der Waals surface area (Å²) in [5.74, 6) is -0.806. The molecule has 2 amide bonds. The molecule has 2 aromatic rings. The number of carboxylic acids is 1. The van der Waals surface area contributed by atoms with Gasteiger partial charge in [0.25, 0.3) is 11.8 Å². The van der Waals surface area contributed by atoms with Gasteiger partial charge in [0.05, 0.1) is 17.3 Å². The van der Waals surface area contributed by atoms with E-state index in [2.05, 4.69) is 46.9 Å². The summed E-state index contributed by atoms with van der Waals surface area (Å²) in [4.78, 5) is 47.2. The van der Waals surface area contributed by atoms with Crippen LogP contribution in [0.1, 0.15) is 118 Å². The molecule has 1 spiro atoms. The van der Waals surface area contributed by atoms with Crippen molar-refractivity contribution in [2.75, 3.05) is 6.54 Å². The normalized spacial score (nSPS) is 21.7. The first-order valence-corrected chi connectivity index (χ1v) is 16.5. The van der Waals surface area contributed by atoms with E-state index in [9.17, 15) is 14.4 Å². The number of nitrogens with one attached hydrogen (secondary N) is 1. The fourth-order valence-corrected chi connectivity index (χ4v) is 7.74. The molecule has 1 atom stereocenters. The van der Waals surface area contributed by atoms with Crippen molar-refractivity contribution in [3.8, 4) is 0 Å². The summed E-state index contributed by atoms with van der Waals surface area (Å²) < 4.78 is 0. The van der Waals surface area contributed by atoms with E-state index in [4.69, 9.17) is 21.7 Å². The number of carbonyl (C=O) groups excluding carboxylic acids is 2. The number of aliphatic carboxylic acids is 1. The molecule has 1 aromatic heterocycles. The summed E-state index contributed by atoms with van der Waals surface area (Å²) in [5, 5.41) is 12.2. The highest BCUT2D eigenvalue weighted by molar-refractivity contribution is 7.14. The fraction of sp³-hybridized carbons (Fsp3) is 0.588. The predicted molar refractivity (Wildman–Crippen MR) is 174 cm³/mol. The minimum absolute atomic E-state index is 0.0418. The van der Waals surface area contributed by atoms with Crippen LogP contribution >= 0.6 is 22.9 Å². The highest BCUT2D eigenvalue weighted by Crippen LogP contribution is 2.51. The van der Waals surface area contributed by atoms with Gasteiger partial charge >= 0.3 is 5.97 Å². The molecule has 1 fully saturated rings. The smallest absolute Gasteiger partial charge is 0.305 e. The summed E-state index contributed by atoms with van der Waals surface area (Å²) >= 11 is 7.83. The molecule has 4 rings (SSSR count). The van der Waals surface area contributed by atoms with Gasteiger partial charge in [-0.3, -0.25) is 19.4 Å². The Morgan fingerprint density at radius 3 is 2.40 bits per heavy atom. The number of halogens is 1. The number of thiophene rings is 1. The molecule has 0 bridgehead atoms. The number of aliphatic imine (C=N–C) groups is 1. The largest absolute Gasteiger partial charge is 0.481 e. The lowest BCUT2D eigenvalue weighted by Crippen LogP contribution is -2.51. The van der Waals surface area contributed by atoms with Crippen LogP contribution in [0.5, 0.6) is 0 Å². The first kappa shape index (κ1) is 33.2. The van der Waals surface area contributed by atoms with Crippen LogP contribution in [0.3, 0.4) is 0 Å². The maximum absolute atomic E-state index is 14.6. The minimum atomic E-state index is -0.959. The lowest BCUT2D eigenvalue weighted by atomic mass is 9.69. The Hall–Kier alpha value is -2.71. The molecule has 1 aliphatic heterocycles. The van der Waals surface area contributed by atoms with Crippen LogP contribution in [0.25, 0.3) is 0 Å². The molecule has 1 unspecified atom stereocenters. The number of aryl methyl sites for hydroxylation is 1. The number of rotatable bonds is 9. The van der Waals surface area contributed by atoms with Crippen molar-refractivity contribution in [2.24, 2.45) is 21.7 Å². The van der Waals surface area contributed by atoms with Gasteiger partial charge in [-0.25, -0.2) is 0 Å². The molecular formula is C34H46ClN3O4S. The molecule has 1 saturated carbocycles. The van der Waals surface area contributed by atoms with Gasteiger partial charge in [-0.1, -0.05) is 53.1 Å². The summed E-state index contributed by atoms with van der Waals surface area (Å²) in [6, 6.07) is 9.17. The van der Waals surface area contributed by atoms with Crippen LogP contribution < -0.4 is 5.32 Å². The average Bonchev–Trinajstić information content (AvgIpc) is 3.47. The quantitative estimate of drug-likeness (QED) is 0.294. The van der Waals surface area contributed by atoms with Gasteiger partial charge in [0.15, 0.2) is 0 Å². The molecule has 2 aliphatic rings. The van der Waals surface area contributed by atoms with Gasteiger partial charge in [0.2, 0.25) is 0 Å². The first-order chi connectivity index (χ1) is 20.0. The molecule has 1 aliphatic carbocycles. The first-order valence-electron chi connectivity index (χ1n) is 15.3. The lowest BCUT2D eigenvalue weighted by molar-refractivity contribution is -0.137. The molecule has 1 aromatic carbocycles. The van der Waals surface area contributed by atoms with E-state index in [1.807, 2.05) is 36.1 Å². The molecule has 2 N–H and O–H groups in total. The van der Waals surface area contributed by atoms with Crippen molar-refractivity contribution < 1.29 is 19.5 Å². The zero-order chi connectivity index (χ0) is 31.7. The van der Waals surface area contributed by atoms with Crippen LogP contribution in [-0.2, 0) is 9.59 Å². The lowest BCUT2D eigenvalue weighted by Gasteiger charge is -2.47. The fourth-order valence-electron chi connectivity index (χ4n) is 6.40. The summed E-state index contributed by atoms with van der Waals surface area (Å²) in [6.45, 7) is 15.5. The van der Waals surface area contributed by atoms with E-state index in [-0.39, 0.29) is 41.7 Å². The van der Waals surface area contributed by atoms with Gasteiger partial charge < -0.3 is 15.3 Å². The number of nitrogens with zero attached hydrogens (tertiary/aromatic N) is 2. The third-order valence-corrected chi connectivity index (χ3v) is 10.2. The third-order valence-electron chi connectivity index (χ3n) is 8.80. The Morgan fingerprint density at radius 2 is 1.81 bits per heavy atom. The molecular weight excluding hydrogens is 582 g/mol. The number of benzene rings is 1. The zero-order valence-electron chi connectivity index (χ0n) is 26.6. The number of carbonyl (C=O) groups is 3. The van der Waals surface area contributed by atoms with Crippen LogP contribution in [0, 0.1) is 23.7 Å². The van der Waals surface area contributed by atoms with Crippen molar-refractivity contribution >= 4 is 46.4 Å². The van der Waals surface area contributed by atoms with Gasteiger partial charge in [-0.05, 0) is 98.1 Å².